The molecule has 1 heterocycles. The Hall–Kier alpha value is -1.78. The maximum absolute atomic E-state index is 9.10. The van der Waals surface area contributed by atoms with Crippen molar-refractivity contribution in [2.75, 3.05) is 7.11 Å². The third-order valence-electron chi connectivity index (χ3n) is 2.63. The van der Waals surface area contributed by atoms with Crippen LogP contribution in [0.1, 0.15) is 11.1 Å². The lowest BCUT2D eigenvalue weighted by atomic mass is 10.2. The Morgan fingerprint density at radius 3 is 2.63 bits per heavy atom. The van der Waals surface area contributed by atoms with Crippen LogP contribution in [-0.4, -0.2) is 17.2 Å². The first-order valence-electron chi connectivity index (χ1n) is 5.74. The minimum atomic E-state index is -0.139. The number of benzene rings is 1. The standard InChI is InChI=1S/C14H14ClNO3/c1-18-12-4-2-10(3-5-12)9-19-14-6-11(8-17)13(15)7-16-14/h2-7,17H,8-9H2,1H3. The fraction of sp³-hybridized carbons (Fsp3) is 0.214. The molecule has 2 rings (SSSR count). The van der Waals surface area contributed by atoms with Crippen molar-refractivity contribution >= 4 is 11.6 Å². The van der Waals surface area contributed by atoms with Crippen molar-refractivity contribution in [3.8, 4) is 11.6 Å². The molecule has 0 atom stereocenters. The maximum atomic E-state index is 9.10. The van der Waals surface area contributed by atoms with Crippen LogP contribution in [-0.2, 0) is 13.2 Å². The fourth-order valence-electron chi connectivity index (χ4n) is 1.54. The highest BCUT2D eigenvalue weighted by Crippen LogP contribution is 2.20. The SMILES string of the molecule is COc1ccc(COc2cc(CO)c(Cl)cn2)cc1. The Morgan fingerprint density at radius 1 is 1.26 bits per heavy atom. The normalized spacial score (nSPS) is 10.3. The summed E-state index contributed by atoms with van der Waals surface area (Å²) >= 11 is 5.85. The minimum absolute atomic E-state index is 0.139. The molecular weight excluding hydrogens is 266 g/mol. The molecule has 0 spiro atoms. The summed E-state index contributed by atoms with van der Waals surface area (Å²) in [5.41, 5.74) is 1.60. The summed E-state index contributed by atoms with van der Waals surface area (Å²) in [7, 11) is 1.62. The van der Waals surface area contributed by atoms with E-state index in [0.717, 1.165) is 11.3 Å². The molecule has 0 unspecified atom stereocenters. The topological polar surface area (TPSA) is 51.6 Å². The molecule has 0 aliphatic heterocycles. The zero-order chi connectivity index (χ0) is 13.7. The number of nitrogens with zero attached hydrogens (tertiary/aromatic N) is 1. The van der Waals surface area contributed by atoms with E-state index in [1.165, 1.54) is 6.20 Å². The van der Waals surface area contributed by atoms with E-state index in [4.69, 9.17) is 26.2 Å². The second-order valence-corrected chi connectivity index (χ2v) is 4.32. The van der Waals surface area contributed by atoms with Gasteiger partial charge < -0.3 is 14.6 Å². The van der Waals surface area contributed by atoms with Crippen LogP contribution in [0.3, 0.4) is 0 Å². The van der Waals surface area contributed by atoms with Crippen LogP contribution >= 0.6 is 11.6 Å². The van der Waals surface area contributed by atoms with Gasteiger partial charge in [-0.25, -0.2) is 4.98 Å². The average Bonchev–Trinajstić information content (AvgIpc) is 2.47. The molecule has 1 aromatic heterocycles. The predicted octanol–water partition coefficient (Wildman–Crippen LogP) is 2.81. The van der Waals surface area contributed by atoms with Crippen molar-refractivity contribution in [1.29, 1.82) is 0 Å². The molecule has 0 amide bonds. The van der Waals surface area contributed by atoms with Gasteiger partial charge in [0, 0.05) is 17.8 Å². The number of pyridine rings is 1. The maximum Gasteiger partial charge on any atom is 0.213 e. The van der Waals surface area contributed by atoms with Crippen LogP contribution in [0, 0.1) is 0 Å². The smallest absolute Gasteiger partial charge is 0.213 e. The summed E-state index contributed by atoms with van der Waals surface area (Å²) in [6.07, 6.45) is 1.47. The molecule has 100 valence electrons. The molecule has 5 heteroatoms. The number of aliphatic hydroxyl groups is 1. The van der Waals surface area contributed by atoms with Crippen LogP contribution in [0.4, 0.5) is 0 Å². The summed E-state index contributed by atoms with van der Waals surface area (Å²) in [6, 6.07) is 9.20. The Kier molecular flexibility index (Phi) is 4.60. The first-order valence-corrected chi connectivity index (χ1v) is 6.11. The highest BCUT2D eigenvalue weighted by molar-refractivity contribution is 6.31. The van der Waals surface area contributed by atoms with E-state index in [9.17, 15) is 0 Å². The van der Waals surface area contributed by atoms with Gasteiger partial charge in [0.05, 0.1) is 18.7 Å². The quantitative estimate of drug-likeness (QED) is 0.914. The largest absolute Gasteiger partial charge is 0.497 e. The number of rotatable bonds is 5. The summed E-state index contributed by atoms with van der Waals surface area (Å²) in [5.74, 6) is 1.24. The molecule has 0 saturated heterocycles. The monoisotopic (exact) mass is 279 g/mol. The molecule has 1 N–H and O–H groups in total. The molecule has 0 fully saturated rings. The van der Waals surface area contributed by atoms with Crippen molar-refractivity contribution < 1.29 is 14.6 Å². The minimum Gasteiger partial charge on any atom is -0.497 e. The van der Waals surface area contributed by atoms with Crippen LogP contribution in [0.15, 0.2) is 36.5 Å². The predicted molar refractivity (Wildman–Crippen MR) is 72.5 cm³/mol. The third-order valence-corrected chi connectivity index (χ3v) is 2.97. The van der Waals surface area contributed by atoms with E-state index in [1.807, 2.05) is 24.3 Å². The number of ether oxygens (including phenoxy) is 2. The fourth-order valence-corrected chi connectivity index (χ4v) is 1.70. The molecular formula is C14H14ClNO3. The van der Waals surface area contributed by atoms with Gasteiger partial charge in [-0.1, -0.05) is 23.7 Å². The summed E-state index contributed by atoms with van der Waals surface area (Å²) in [5, 5.41) is 9.53. The molecule has 0 saturated carbocycles. The van der Waals surface area contributed by atoms with Crippen LogP contribution in [0.25, 0.3) is 0 Å². The van der Waals surface area contributed by atoms with E-state index in [2.05, 4.69) is 4.98 Å². The molecule has 19 heavy (non-hydrogen) atoms. The van der Waals surface area contributed by atoms with Gasteiger partial charge in [-0.2, -0.15) is 0 Å². The second-order valence-electron chi connectivity index (χ2n) is 3.91. The first kappa shape index (κ1) is 13.6. The molecule has 0 bridgehead atoms. The number of hydrogen-bond donors (Lipinski definition) is 1. The molecule has 0 aliphatic rings. The van der Waals surface area contributed by atoms with E-state index in [0.29, 0.717) is 23.1 Å². The van der Waals surface area contributed by atoms with Crippen LogP contribution < -0.4 is 9.47 Å². The molecule has 4 nitrogen and oxygen atoms in total. The van der Waals surface area contributed by atoms with Gasteiger partial charge in [0.25, 0.3) is 0 Å². The Bertz CT molecular complexity index is 543. The molecule has 0 radical (unpaired) electrons. The zero-order valence-electron chi connectivity index (χ0n) is 10.5. The van der Waals surface area contributed by atoms with Crippen LogP contribution in [0.2, 0.25) is 5.02 Å². The highest BCUT2D eigenvalue weighted by atomic mass is 35.5. The number of methoxy groups -OCH3 is 1. The summed E-state index contributed by atoms with van der Waals surface area (Å²) in [4.78, 5) is 4.05. The lowest BCUT2D eigenvalue weighted by Crippen LogP contribution is -1.98. The zero-order valence-corrected chi connectivity index (χ0v) is 11.2. The van der Waals surface area contributed by atoms with Gasteiger partial charge >= 0.3 is 0 Å². The van der Waals surface area contributed by atoms with Gasteiger partial charge in [0.15, 0.2) is 0 Å². The number of aliphatic hydroxyl groups excluding tert-OH is 1. The molecule has 0 aliphatic carbocycles. The summed E-state index contributed by atoms with van der Waals surface area (Å²) in [6.45, 7) is 0.254. The van der Waals surface area contributed by atoms with E-state index >= 15 is 0 Å². The Labute approximate surface area is 116 Å². The van der Waals surface area contributed by atoms with E-state index < -0.39 is 0 Å². The molecule has 1 aromatic carbocycles. The Morgan fingerprint density at radius 2 is 2.00 bits per heavy atom. The lowest BCUT2D eigenvalue weighted by Gasteiger charge is -2.08. The van der Waals surface area contributed by atoms with Crippen molar-refractivity contribution in [2.24, 2.45) is 0 Å². The summed E-state index contributed by atoms with van der Waals surface area (Å²) < 4.78 is 10.6. The van der Waals surface area contributed by atoms with E-state index in [1.54, 1.807) is 13.2 Å². The van der Waals surface area contributed by atoms with Crippen molar-refractivity contribution in [3.05, 3.63) is 52.7 Å². The van der Waals surface area contributed by atoms with Crippen molar-refractivity contribution in [3.63, 3.8) is 0 Å². The van der Waals surface area contributed by atoms with Gasteiger partial charge in [-0.15, -0.1) is 0 Å². The average molecular weight is 280 g/mol. The van der Waals surface area contributed by atoms with Gasteiger partial charge in [-0.05, 0) is 17.7 Å². The second kappa shape index (κ2) is 6.41. The van der Waals surface area contributed by atoms with Gasteiger partial charge in [0.2, 0.25) is 5.88 Å². The van der Waals surface area contributed by atoms with Gasteiger partial charge in [-0.3, -0.25) is 0 Å². The third kappa shape index (κ3) is 3.59. The number of aromatic nitrogens is 1. The number of halogens is 1. The highest BCUT2D eigenvalue weighted by Gasteiger charge is 2.04. The number of hydrogen-bond acceptors (Lipinski definition) is 4. The lowest BCUT2D eigenvalue weighted by molar-refractivity contribution is 0.275. The first-order chi connectivity index (χ1) is 9.22. The van der Waals surface area contributed by atoms with E-state index in [-0.39, 0.29) is 6.61 Å². The van der Waals surface area contributed by atoms with Crippen molar-refractivity contribution in [1.82, 2.24) is 4.98 Å². The van der Waals surface area contributed by atoms with Crippen LogP contribution in [0.5, 0.6) is 11.6 Å². The van der Waals surface area contributed by atoms with Crippen molar-refractivity contribution in [2.45, 2.75) is 13.2 Å². The molecule has 2 aromatic rings. The Balaban J connectivity index is 2.01. The van der Waals surface area contributed by atoms with Gasteiger partial charge in [0.1, 0.15) is 12.4 Å².